The van der Waals surface area contributed by atoms with Crippen molar-refractivity contribution >= 4 is 29.7 Å². The average molecular weight is 282 g/mol. The molecule has 2 aliphatic heterocycles. The summed E-state index contributed by atoms with van der Waals surface area (Å²) < 4.78 is 0. The number of β-lactam (4-membered cyclic amide) rings is 1. The van der Waals surface area contributed by atoms with Gasteiger partial charge in [0.15, 0.2) is 0 Å². The summed E-state index contributed by atoms with van der Waals surface area (Å²) in [7, 11) is 0. The topological polar surface area (TPSA) is 73.3 Å². The third kappa shape index (κ3) is 2.36. The Balaban J connectivity index is 0.00000133. The van der Waals surface area contributed by atoms with Crippen LogP contribution in [0.3, 0.4) is 0 Å². The number of aromatic nitrogens is 1. The third-order valence-corrected chi connectivity index (χ3v) is 3.83. The van der Waals surface area contributed by atoms with Crippen molar-refractivity contribution in [1.29, 1.82) is 0 Å². The van der Waals surface area contributed by atoms with Crippen molar-refractivity contribution in [3.05, 3.63) is 46.8 Å². The van der Waals surface area contributed by atoms with E-state index in [-0.39, 0.29) is 46.5 Å². The zero-order valence-electron chi connectivity index (χ0n) is 10.1. The number of fused-ring (bicyclic) bond motifs is 1. The van der Waals surface area contributed by atoms with E-state index in [2.05, 4.69) is 4.98 Å². The van der Waals surface area contributed by atoms with Gasteiger partial charge in [-0.1, -0.05) is 6.07 Å². The number of nitrogens with zero attached hydrogens (tertiary/aromatic N) is 2. The van der Waals surface area contributed by atoms with E-state index in [0.29, 0.717) is 5.57 Å². The van der Waals surface area contributed by atoms with E-state index in [1.807, 2.05) is 6.07 Å². The van der Waals surface area contributed by atoms with E-state index in [1.54, 1.807) is 24.5 Å². The molecule has 1 aromatic heterocycles. The molecule has 5 nitrogen and oxygen atoms in total. The van der Waals surface area contributed by atoms with Gasteiger partial charge in [0.25, 0.3) is 5.91 Å². The van der Waals surface area contributed by atoms with E-state index in [0.717, 1.165) is 5.56 Å². The van der Waals surface area contributed by atoms with E-state index >= 15 is 0 Å². The molecule has 0 aromatic carbocycles. The summed E-state index contributed by atoms with van der Waals surface area (Å²) >= 11 is 1.29. The molecule has 1 atom stereocenters. The van der Waals surface area contributed by atoms with E-state index in [4.69, 9.17) is 0 Å². The first-order chi connectivity index (χ1) is 8.68. The molecule has 0 aliphatic carbocycles. The molecule has 1 aromatic rings. The summed E-state index contributed by atoms with van der Waals surface area (Å²) in [5.74, 6) is -1.61. The number of carboxylic acid groups (broad SMARTS) is 1. The van der Waals surface area contributed by atoms with Crippen molar-refractivity contribution in [1.82, 2.24) is 9.88 Å². The summed E-state index contributed by atoms with van der Waals surface area (Å²) in [5.41, 5.74) is 1.35. The fourth-order valence-electron chi connectivity index (χ4n) is 1.90. The molecule has 0 N–H and O–H groups in total. The second-order valence-electron chi connectivity index (χ2n) is 3.84. The zero-order valence-corrected chi connectivity index (χ0v) is 12.9. The van der Waals surface area contributed by atoms with Crippen molar-refractivity contribution in [2.45, 2.75) is 5.37 Å². The fourth-order valence-corrected chi connectivity index (χ4v) is 3.01. The van der Waals surface area contributed by atoms with Gasteiger partial charge in [0.2, 0.25) is 0 Å². The Kier molecular flexibility index (Phi) is 4.15. The van der Waals surface area contributed by atoms with E-state index in [1.165, 1.54) is 22.1 Å². The molecule has 1 unspecified atom stereocenters. The van der Waals surface area contributed by atoms with Crippen molar-refractivity contribution in [3.63, 3.8) is 0 Å². The second-order valence-corrected chi connectivity index (χ2v) is 4.79. The first kappa shape index (κ1) is 14.3. The molecule has 0 spiro atoms. The maximum Gasteiger partial charge on any atom is 1.00 e. The van der Waals surface area contributed by atoms with Gasteiger partial charge in [-0.2, -0.15) is 0 Å². The van der Waals surface area contributed by atoms with Crippen molar-refractivity contribution in [2.24, 2.45) is 0 Å². The first-order valence-electron chi connectivity index (χ1n) is 5.20. The molecule has 2 aliphatic rings. The van der Waals surface area contributed by atoms with Gasteiger partial charge in [0.1, 0.15) is 5.37 Å². The minimum Gasteiger partial charge on any atom is -0.543 e. The standard InChI is InChI=1S/C12H8N2O3S.Na/c15-10-8(4-7-2-1-3-13-5-7)11-14(10)9(6-18-11)12(16)17;/h1-6,11H,(H,16,17);/q;+1/p-1/b8-4-;. The van der Waals surface area contributed by atoms with Crippen LogP contribution in [0.2, 0.25) is 0 Å². The number of carbonyl (C=O) groups excluding carboxylic acids is 2. The summed E-state index contributed by atoms with van der Waals surface area (Å²) in [6.45, 7) is 0. The number of amides is 1. The monoisotopic (exact) mass is 282 g/mol. The maximum absolute atomic E-state index is 11.9. The van der Waals surface area contributed by atoms with Gasteiger partial charge < -0.3 is 9.90 Å². The molecule has 0 radical (unpaired) electrons. The van der Waals surface area contributed by atoms with Crippen LogP contribution < -0.4 is 34.7 Å². The molecule has 3 rings (SSSR count). The molecular formula is C12H7N2NaO3S. The number of carboxylic acids is 1. The molecule has 90 valence electrons. The van der Waals surface area contributed by atoms with Crippen LogP contribution in [0.1, 0.15) is 5.56 Å². The molecule has 1 fully saturated rings. The van der Waals surface area contributed by atoms with Gasteiger partial charge in [-0.05, 0) is 23.1 Å². The van der Waals surface area contributed by atoms with Crippen molar-refractivity contribution in [2.75, 3.05) is 0 Å². The summed E-state index contributed by atoms with van der Waals surface area (Å²) in [6.07, 6.45) is 5.03. The van der Waals surface area contributed by atoms with Crippen molar-refractivity contribution in [3.8, 4) is 0 Å². The Bertz CT molecular complexity index is 600. The molecule has 0 saturated carbocycles. The summed E-state index contributed by atoms with van der Waals surface area (Å²) in [6, 6.07) is 3.61. The maximum atomic E-state index is 11.9. The molecule has 7 heteroatoms. The van der Waals surface area contributed by atoms with Gasteiger partial charge in [0.05, 0.1) is 17.2 Å². The minimum absolute atomic E-state index is 0. The van der Waals surface area contributed by atoms with Gasteiger partial charge in [0, 0.05) is 12.4 Å². The van der Waals surface area contributed by atoms with Gasteiger partial charge in [-0.3, -0.25) is 14.7 Å². The van der Waals surface area contributed by atoms with Gasteiger partial charge >= 0.3 is 29.6 Å². The Morgan fingerprint density at radius 1 is 1.53 bits per heavy atom. The number of thioether (sulfide) groups is 1. The number of hydrogen-bond donors (Lipinski definition) is 0. The number of aliphatic carboxylic acids is 1. The number of rotatable bonds is 2. The van der Waals surface area contributed by atoms with Crippen molar-refractivity contribution < 1.29 is 44.3 Å². The predicted molar refractivity (Wildman–Crippen MR) is 63.5 cm³/mol. The van der Waals surface area contributed by atoms with Crippen LogP contribution in [0.5, 0.6) is 0 Å². The number of pyridine rings is 1. The normalized spacial score (nSPS) is 22.4. The Morgan fingerprint density at radius 3 is 2.95 bits per heavy atom. The molecular weight excluding hydrogens is 275 g/mol. The van der Waals surface area contributed by atoms with Crippen LogP contribution >= 0.6 is 11.8 Å². The Labute approximate surface area is 135 Å². The quantitative estimate of drug-likeness (QED) is 0.328. The van der Waals surface area contributed by atoms with Crippen LogP contribution in [0.15, 0.2) is 41.2 Å². The van der Waals surface area contributed by atoms with E-state index in [9.17, 15) is 14.7 Å². The van der Waals surface area contributed by atoms with Crippen LogP contribution in [0.4, 0.5) is 0 Å². The SMILES string of the molecule is O=C([O-])C1=CSC2/C(=C\c3cccnc3)C(=O)N12.[Na+]. The summed E-state index contributed by atoms with van der Waals surface area (Å²) in [5, 5.41) is 12.0. The Morgan fingerprint density at radius 2 is 2.32 bits per heavy atom. The third-order valence-electron chi connectivity index (χ3n) is 2.75. The fraction of sp³-hybridized carbons (Fsp3) is 0.0833. The zero-order chi connectivity index (χ0) is 12.7. The Hall–Kier alpha value is -1.08. The molecule has 0 bridgehead atoms. The molecule has 19 heavy (non-hydrogen) atoms. The van der Waals surface area contributed by atoms with Crippen LogP contribution in [-0.4, -0.2) is 27.1 Å². The smallest absolute Gasteiger partial charge is 0.543 e. The van der Waals surface area contributed by atoms with E-state index < -0.39 is 5.97 Å². The van der Waals surface area contributed by atoms with Crippen LogP contribution in [-0.2, 0) is 9.59 Å². The first-order valence-corrected chi connectivity index (χ1v) is 6.15. The number of hydrogen-bond acceptors (Lipinski definition) is 5. The van der Waals surface area contributed by atoms with Gasteiger partial charge in [-0.25, -0.2) is 0 Å². The average Bonchev–Trinajstić information content (AvgIpc) is 2.77. The predicted octanol–water partition coefficient (Wildman–Crippen LogP) is -3.02. The molecule has 3 heterocycles. The largest absolute Gasteiger partial charge is 1.00 e. The van der Waals surface area contributed by atoms with Crippen LogP contribution in [0.25, 0.3) is 6.08 Å². The summed E-state index contributed by atoms with van der Waals surface area (Å²) in [4.78, 5) is 27.8. The second kappa shape index (κ2) is 5.50. The van der Waals surface area contributed by atoms with Gasteiger partial charge in [-0.15, -0.1) is 11.8 Å². The number of carbonyl (C=O) groups is 2. The minimum atomic E-state index is -1.32. The molecule has 1 saturated heterocycles. The molecule has 1 amide bonds. The van der Waals surface area contributed by atoms with Crippen LogP contribution in [0, 0.1) is 0 Å².